The molecule has 0 aliphatic heterocycles. The van der Waals surface area contributed by atoms with Crippen LogP contribution in [0.4, 0.5) is 0 Å². The van der Waals surface area contributed by atoms with E-state index in [1.165, 1.54) is 10.8 Å². The van der Waals surface area contributed by atoms with Crippen LogP contribution in [0.3, 0.4) is 0 Å². The molecule has 0 bridgehead atoms. The highest BCUT2D eigenvalue weighted by Crippen LogP contribution is 2.33. The summed E-state index contributed by atoms with van der Waals surface area (Å²) in [6.07, 6.45) is 1.82. The van der Waals surface area contributed by atoms with Crippen LogP contribution >= 0.6 is 0 Å². The van der Waals surface area contributed by atoms with Crippen molar-refractivity contribution in [2.24, 2.45) is 0 Å². The van der Waals surface area contributed by atoms with Crippen molar-refractivity contribution in [1.29, 1.82) is 5.26 Å². The summed E-state index contributed by atoms with van der Waals surface area (Å²) in [6, 6.07) is 27.8. The van der Waals surface area contributed by atoms with Gasteiger partial charge < -0.3 is 18.9 Å². The van der Waals surface area contributed by atoms with Crippen molar-refractivity contribution in [3.8, 4) is 29.1 Å². The maximum Gasteiger partial charge on any atom is 0.161 e. The molecule has 0 atom stereocenters. The molecule has 0 saturated carbocycles. The molecule has 0 fully saturated rings. The number of rotatable bonds is 9. The molecule has 0 N–H and O–H groups in total. The molecule has 0 aliphatic carbocycles. The zero-order valence-electron chi connectivity index (χ0n) is 20.1. The summed E-state index contributed by atoms with van der Waals surface area (Å²) < 4.78 is 22.7. The summed E-state index contributed by atoms with van der Waals surface area (Å²) in [4.78, 5) is 0. The van der Waals surface area contributed by atoms with Crippen LogP contribution < -0.4 is 18.9 Å². The molecule has 0 saturated heterocycles. The Labute approximate surface area is 205 Å². The van der Waals surface area contributed by atoms with Gasteiger partial charge in [-0.1, -0.05) is 48.5 Å². The summed E-state index contributed by atoms with van der Waals surface area (Å²) in [5.74, 6) is 2.46. The average Bonchev–Trinajstić information content (AvgIpc) is 2.91. The third-order valence-electron chi connectivity index (χ3n) is 5.66. The molecule has 35 heavy (non-hydrogen) atoms. The molecule has 0 spiro atoms. The van der Waals surface area contributed by atoms with E-state index in [1.807, 2.05) is 55.5 Å². The van der Waals surface area contributed by atoms with Gasteiger partial charge in [0, 0.05) is 0 Å². The van der Waals surface area contributed by atoms with E-state index in [1.54, 1.807) is 26.4 Å². The van der Waals surface area contributed by atoms with Crippen LogP contribution in [0.1, 0.15) is 23.6 Å². The van der Waals surface area contributed by atoms with Crippen LogP contribution in [-0.4, -0.2) is 20.8 Å². The summed E-state index contributed by atoms with van der Waals surface area (Å²) in [5.41, 5.74) is 3.17. The summed E-state index contributed by atoms with van der Waals surface area (Å²) >= 11 is 0. The van der Waals surface area contributed by atoms with Gasteiger partial charge in [0.1, 0.15) is 6.61 Å². The van der Waals surface area contributed by atoms with Gasteiger partial charge in [-0.3, -0.25) is 0 Å². The van der Waals surface area contributed by atoms with Crippen LogP contribution in [0.5, 0.6) is 23.0 Å². The van der Waals surface area contributed by atoms with E-state index in [4.69, 9.17) is 18.9 Å². The molecule has 0 aromatic heterocycles. The highest BCUT2D eigenvalue weighted by molar-refractivity contribution is 5.90. The predicted octanol–water partition coefficient (Wildman–Crippen LogP) is 6.90. The molecular formula is C30H27NO4. The van der Waals surface area contributed by atoms with E-state index in [-0.39, 0.29) is 0 Å². The first-order chi connectivity index (χ1) is 17.2. The standard InChI is InChI=1S/C30H27NO4/c1-4-34-30-17-21(16-25(19-31)23-13-15-27(32-2)29(18-23)33-3)12-14-28(30)35-20-24-10-7-9-22-8-5-6-11-26(22)24/h5-18H,4,20H2,1-3H3/b25-16+. The first-order valence-electron chi connectivity index (χ1n) is 11.4. The van der Waals surface area contributed by atoms with Crippen molar-refractivity contribution in [3.63, 3.8) is 0 Å². The SMILES string of the molecule is CCOc1cc(/C=C(\C#N)c2ccc(OC)c(OC)c2)ccc1OCc1cccc2ccccc12. The molecule has 4 rings (SSSR count). The van der Waals surface area contributed by atoms with Gasteiger partial charge in [-0.25, -0.2) is 0 Å². The molecular weight excluding hydrogens is 438 g/mol. The molecule has 4 aromatic carbocycles. The number of benzene rings is 4. The quantitative estimate of drug-likeness (QED) is 0.199. The molecule has 4 aromatic rings. The second kappa shape index (κ2) is 11.1. The molecule has 0 amide bonds. The van der Waals surface area contributed by atoms with Crippen molar-refractivity contribution in [2.45, 2.75) is 13.5 Å². The van der Waals surface area contributed by atoms with Gasteiger partial charge in [-0.15, -0.1) is 0 Å². The Morgan fingerprint density at radius 2 is 1.57 bits per heavy atom. The smallest absolute Gasteiger partial charge is 0.161 e. The fourth-order valence-electron chi connectivity index (χ4n) is 3.93. The van der Waals surface area contributed by atoms with Crippen molar-refractivity contribution < 1.29 is 18.9 Å². The molecule has 0 aliphatic rings. The fraction of sp³-hybridized carbons (Fsp3) is 0.167. The monoisotopic (exact) mass is 465 g/mol. The van der Waals surface area contributed by atoms with E-state index in [0.29, 0.717) is 41.8 Å². The van der Waals surface area contributed by atoms with Gasteiger partial charge in [0.05, 0.1) is 32.5 Å². The minimum absolute atomic E-state index is 0.422. The number of ether oxygens (including phenoxy) is 4. The van der Waals surface area contributed by atoms with Crippen LogP contribution in [0.25, 0.3) is 22.4 Å². The summed E-state index contributed by atoms with van der Waals surface area (Å²) in [6.45, 7) is 2.85. The van der Waals surface area contributed by atoms with E-state index in [2.05, 4.69) is 30.3 Å². The highest BCUT2D eigenvalue weighted by atomic mass is 16.5. The minimum atomic E-state index is 0.422. The lowest BCUT2D eigenvalue weighted by Gasteiger charge is -2.14. The van der Waals surface area contributed by atoms with E-state index < -0.39 is 0 Å². The number of hydrogen-bond acceptors (Lipinski definition) is 5. The Morgan fingerprint density at radius 1 is 0.800 bits per heavy atom. The first kappa shape index (κ1) is 23.7. The molecule has 0 unspecified atom stereocenters. The van der Waals surface area contributed by atoms with Gasteiger partial charge in [0.15, 0.2) is 23.0 Å². The molecule has 0 heterocycles. The first-order valence-corrected chi connectivity index (χ1v) is 11.4. The number of nitriles is 1. The van der Waals surface area contributed by atoms with Gasteiger partial charge in [-0.05, 0) is 70.8 Å². The lowest BCUT2D eigenvalue weighted by molar-refractivity contribution is 0.270. The van der Waals surface area contributed by atoms with E-state index >= 15 is 0 Å². The van der Waals surface area contributed by atoms with Crippen molar-refractivity contribution >= 4 is 22.4 Å². The number of hydrogen-bond donors (Lipinski definition) is 0. The Balaban J connectivity index is 1.61. The third kappa shape index (κ3) is 5.39. The number of methoxy groups -OCH3 is 2. The molecule has 176 valence electrons. The zero-order valence-corrected chi connectivity index (χ0v) is 20.1. The number of nitrogens with zero attached hydrogens (tertiary/aromatic N) is 1. The van der Waals surface area contributed by atoms with Gasteiger partial charge in [0.2, 0.25) is 0 Å². The van der Waals surface area contributed by atoms with Gasteiger partial charge >= 0.3 is 0 Å². The predicted molar refractivity (Wildman–Crippen MR) is 139 cm³/mol. The second-order valence-electron chi connectivity index (χ2n) is 7.81. The molecule has 0 radical (unpaired) electrons. The Bertz CT molecular complexity index is 1400. The van der Waals surface area contributed by atoms with Crippen LogP contribution in [0.2, 0.25) is 0 Å². The maximum absolute atomic E-state index is 9.81. The lowest BCUT2D eigenvalue weighted by atomic mass is 10.0. The fourth-order valence-corrected chi connectivity index (χ4v) is 3.93. The summed E-state index contributed by atoms with van der Waals surface area (Å²) in [7, 11) is 3.15. The van der Waals surface area contributed by atoms with Crippen molar-refractivity contribution in [2.75, 3.05) is 20.8 Å². The molecule has 5 nitrogen and oxygen atoms in total. The topological polar surface area (TPSA) is 60.7 Å². The van der Waals surface area contributed by atoms with Crippen LogP contribution in [0, 0.1) is 11.3 Å². The Morgan fingerprint density at radius 3 is 2.34 bits per heavy atom. The largest absolute Gasteiger partial charge is 0.493 e. The Hall–Kier alpha value is -4.43. The normalized spacial score (nSPS) is 11.1. The van der Waals surface area contributed by atoms with Gasteiger partial charge in [0.25, 0.3) is 0 Å². The summed E-state index contributed by atoms with van der Waals surface area (Å²) in [5, 5.41) is 12.2. The Kier molecular flexibility index (Phi) is 7.54. The van der Waals surface area contributed by atoms with Crippen LogP contribution in [0.15, 0.2) is 78.9 Å². The van der Waals surface area contributed by atoms with Crippen molar-refractivity contribution in [1.82, 2.24) is 0 Å². The zero-order chi connectivity index (χ0) is 24.6. The van der Waals surface area contributed by atoms with Crippen LogP contribution in [-0.2, 0) is 6.61 Å². The number of fused-ring (bicyclic) bond motifs is 1. The van der Waals surface area contributed by atoms with E-state index in [0.717, 1.165) is 16.7 Å². The number of allylic oxidation sites excluding steroid dienone is 1. The molecule has 5 heteroatoms. The van der Waals surface area contributed by atoms with Crippen molar-refractivity contribution in [3.05, 3.63) is 95.6 Å². The van der Waals surface area contributed by atoms with Gasteiger partial charge in [-0.2, -0.15) is 5.26 Å². The minimum Gasteiger partial charge on any atom is -0.493 e. The maximum atomic E-state index is 9.81. The second-order valence-corrected chi connectivity index (χ2v) is 7.81. The lowest BCUT2D eigenvalue weighted by Crippen LogP contribution is -2.00. The van der Waals surface area contributed by atoms with E-state index in [9.17, 15) is 5.26 Å². The average molecular weight is 466 g/mol. The highest BCUT2D eigenvalue weighted by Gasteiger charge is 2.11. The third-order valence-corrected chi connectivity index (χ3v) is 5.66.